The highest BCUT2D eigenvalue weighted by atomic mass is 32.2. The molecule has 2 rings (SSSR count). The number of ketones is 1. The molecule has 0 radical (unpaired) electrons. The van der Waals surface area contributed by atoms with E-state index in [0.717, 1.165) is 18.6 Å². The molecular weight excluding hydrogens is 372 g/mol. The summed E-state index contributed by atoms with van der Waals surface area (Å²) in [6.45, 7) is 4.30. The third-order valence-corrected chi connectivity index (χ3v) is 4.76. The molecule has 0 unspecified atom stereocenters. The van der Waals surface area contributed by atoms with Crippen LogP contribution in [0.25, 0.3) is 0 Å². The lowest BCUT2D eigenvalue weighted by atomic mass is 10.0. The molecule has 0 aromatic heterocycles. The number of rotatable bonds is 9. The molecule has 0 spiro atoms. The van der Waals surface area contributed by atoms with E-state index in [-0.39, 0.29) is 29.2 Å². The van der Waals surface area contributed by atoms with Crippen LogP contribution in [0.5, 0.6) is 11.5 Å². The van der Waals surface area contributed by atoms with Crippen LogP contribution in [0.4, 0.5) is 0 Å². The van der Waals surface area contributed by atoms with Crippen molar-refractivity contribution in [3.05, 3.63) is 53.6 Å². The van der Waals surface area contributed by atoms with E-state index in [1.807, 2.05) is 13.8 Å². The van der Waals surface area contributed by atoms with Crippen LogP contribution < -0.4 is 9.62 Å². The Morgan fingerprint density at radius 1 is 1.11 bits per heavy atom. The summed E-state index contributed by atoms with van der Waals surface area (Å²) in [7, 11) is -4.66. The standard InChI is InChI=1S/C19H22O7S/c1-13(2)7-6-10-25-17-12-16(26-21)15(11-18(17)27(22,23)24)19(20)14-8-4-3-5-9-14/h3-5,8-9,11-13,21H,6-7,10H2,1-2H3,(H,22,23,24). The highest BCUT2D eigenvalue weighted by molar-refractivity contribution is 7.86. The van der Waals surface area contributed by atoms with E-state index in [2.05, 4.69) is 4.89 Å². The second-order valence-electron chi connectivity index (χ2n) is 6.44. The van der Waals surface area contributed by atoms with Crippen molar-refractivity contribution in [3.8, 4) is 11.5 Å². The molecule has 0 saturated carbocycles. The fraction of sp³-hybridized carbons (Fsp3) is 0.316. The molecule has 0 aliphatic heterocycles. The first kappa shape index (κ1) is 20.9. The average Bonchev–Trinajstić information content (AvgIpc) is 2.63. The normalized spacial score (nSPS) is 11.4. The van der Waals surface area contributed by atoms with Crippen LogP contribution in [-0.2, 0) is 10.1 Å². The first-order chi connectivity index (χ1) is 12.7. The van der Waals surface area contributed by atoms with Gasteiger partial charge in [-0.1, -0.05) is 44.2 Å². The molecule has 7 nitrogen and oxygen atoms in total. The monoisotopic (exact) mass is 394 g/mol. The smallest absolute Gasteiger partial charge is 0.298 e. The maximum Gasteiger partial charge on any atom is 0.298 e. The lowest BCUT2D eigenvalue weighted by Crippen LogP contribution is -2.10. The van der Waals surface area contributed by atoms with Crippen molar-refractivity contribution >= 4 is 15.9 Å². The van der Waals surface area contributed by atoms with Crippen molar-refractivity contribution in [2.75, 3.05) is 6.61 Å². The summed E-state index contributed by atoms with van der Waals surface area (Å²) in [4.78, 5) is 16.3. The fourth-order valence-corrected chi connectivity index (χ4v) is 3.17. The summed E-state index contributed by atoms with van der Waals surface area (Å²) < 4.78 is 38.5. The molecule has 2 aromatic rings. The average molecular weight is 394 g/mol. The number of benzene rings is 2. The molecule has 146 valence electrons. The summed E-state index contributed by atoms with van der Waals surface area (Å²) in [6.07, 6.45) is 1.54. The van der Waals surface area contributed by atoms with Crippen LogP contribution in [0.1, 0.15) is 42.6 Å². The van der Waals surface area contributed by atoms with Gasteiger partial charge < -0.3 is 9.62 Å². The van der Waals surface area contributed by atoms with Gasteiger partial charge in [-0.15, -0.1) is 0 Å². The quantitative estimate of drug-likeness (QED) is 0.219. The van der Waals surface area contributed by atoms with E-state index in [1.54, 1.807) is 18.2 Å². The largest absolute Gasteiger partial charge is 0.492 e. The number of carbonyl (C=O) groups excluding carboxylic acids is 1. The van der Waals surface area contributed by atoms with Crippen molar-refractivity contribution in [1.29, 1.82) is 0 Å². The predicted molar refractivity (Wildman–Crippen MR) is 99.0 cm³/mol. The summed E-state index contributed by atoms with van der Waals surface area (Å²) in [5.74, 6) is -0.585. The number of hydrogen-bond donors (Lipinski definition) is 2. The lowest BCUT2D eigenvalue weighted by Gasteiger charge is -2.14. The maximum absolute atomic E-state index is 12.6. The third-order valence-electron chi connectivity index (χ3n) is 3.89. The molecule has 0 aliphatic rings. The molecular formula is C19H22O7S. The SMILES string of the molecule is CC(C)CCCOc1cc(OO)c(C(=O)c2ccccc2)cc1S(=O)(=O)O. The Bertz CT molecular complexity index is 890. The van der Waals surface area contributed by atoms with Gasteiger partial charge in [0.25, 0.3) is 10.1 Å². The number of hydrogen-bond acceptors (Lipinski definition) is 6. The van der Waals surface area contributed by atoms with Crippen LogP contribution >= 0.6 is 0 Å². The topological polar surface area (TPSA) is 110 Å². The second kappa shape index (κ2) is 8.98. The van der Waals surface area contributed by atoms with Crippen molar-refractivity contribution in [2.24, 2.45) is 5.92 Å². The maximum atomic E-state index is 12.6. The minimum atomic E-state index is -4.66. The molecule has 2 aromatic carbocycles. The summed E-state index contributed by atoms with van der Waals surface area (Å²) >= 11 is 0. The van der Waals surface area contributed by atoms with Crippen molar-refractivity contribution < 1.29 is 32.6 Å². The fourth-order valence-electron chi connectivity index (χ4n) is 2.53. The van der Waals surface area contributed by atoms with E-state index in [1.165, 1.54) is 12.1 Å². The highest BCUT2D eigenvalue weighted by Crippen LogP contribution is 2.33. The van der Waals surface area contributed by atoms with Gasteiger partial charge in [0.1, 0.15) is 10.6 Å². The van der Waals surface area contributed by atoms with E-state index < -0.39 is 20.8 Å². The zero-order chi connectivity index (χ0) is 20.0. The molecule has 8 heteroatoms. The van der Waals surface area contributed by atoms with E-state index in [9.17, 15) is 17.8 Å². The Labute approximate surface area is 158 Å². The summed E-state index contributed by atoms with van der Waals surface area (Å²) in [5, 5.41) is 9.16. The summed E-state index contributed by atoms with van der Waals surface area (Å²) in [6, 6.07) is 10.1. The van der Waals surface area contributed by atoms with E-state index >= 15 is 0 Å². The molecule has 0 amide bonds. The molecule has 0 atom stereocenters. The molecule has 0 fully saturated rings. The Hall–Kier alpha value is -2.42. The van der Waals surface area contributed by atoms with Crippen molar-refractivity contribution in [1.82, 2.24) is 0 Å². The summed E-state index contributed by atoms with van der Waals surface area (Å²) in [5.41, 5.74) is 0.0496. The lowest BCUT2D eigenvalue weighted by molar-refractivity contribution is -0.138. The van der Waals surface area contributed by atoms with Crippen LogP contribution in [-0.4, -0.2) is 30.6 Å². The zero-order valence-corrected chi connectivity index (χ0v) is 15.9. The minimum Gasteiger partial charge on any atom is -0.492 e. The number of ether oxygens (including phenoxy) is 1. The Morgan fingerprint density at radius 2 is 1.78 bits per heavy atom. The van der Waals surface area contributed by atoms with Crippen molar-refractivity contribution in [3.63, 3.8) is 0 Å². The van der Waals surface area contributed by atoms with Gasteiger partial charge in [0.15, 0.2) is 11.5 Å². The molecule has 2 N–H and O–H groups in total. The van der Waals surface area contributed by atoms with Gasteiger partial charge >= 0.3 is 0 Å². The van der Waals surface area contributed by atoms with Gasteiger partial charge in [0.05, 0.1) is 12.2 Å². The van der Waals surface area contributed by atoms with Crippen LogP contribution in [0.15, 0.2) is 47.4 Å². The molecule has 0 bridgehead atoms. The first-order valence-corrected chi connectivity index (χ1v) is 9.87. The first-order valence-electron chi connectivity index (χ1n) is 8.43. The zero-order valence-electron chi connectivity index (χ0n) is 15.1. The van der Waals surface area contributed by atoms with Crippen LogP contribution in [0.2, 0.25) is 0 Å². The van der Waals surface area contributed by atoms with Gasteiger partial charge in [-0.25, -0.2) is 5.26 Å². The second-order valence-corrected chi connectivity index (χ2v) is 7.83. The van der Waals surface area contributed by atoms with E-state index in [4.69, 9.17) is 9.99 Å². The predicted octanol–water partition coefficient (Wildman–Crippen LogP) is 3.83. The highest BCUT2D eigenvalue weighted by Gasteiger charge is 2.25. The Morgan fingerprint density at radius 3 is 2.33 bits per heavy atom. The van der Waals surface area contributed by atoms with Crippen LogP contribution in [0, 0.1) is 5.92 Å². The van der Waals surface area contributed by atoms with Crippen LogP contribution in [0.3, 0.4) is 0 Å². The molecule has 0 heterocycles. The van der Waals surface area contributed by atoms with Gasteiger partial charge in [-0.2, -0.15) is 8.42 Å². The molecule has 27 heavy (non-hydrogen) atoms. The molecule has 0 saturated heterocycles. The third kappa shape index (κ3) is 5.53. The van der Waals surface area contributed by atoms with Gasteiger partial charge in [-0.05, 0) is 24.8 Å². The minimum absolute atomic E-state index is 0.199. The van der Waals surface area contributed by atoms with Gasteiger partial charge in [0, 0.05) is 11.6 Å². The van der Waals surface area contributed by atoms with E-state index in [0.29, 0.717) is 12.3 Å². The van der Waals surface area contributed by atoms with Gasteiger partial charge in [0.2, 0.25) is 0 Å². The van der Waals surface area contributed by atoms with Crippen molar-refractivity contribution in [2.45, 2.75) is 31.6 Å². The Balaban J connectivity index is 2.43. The number of carbonyl (C=O) groups is 1. The van der Waals surface area contributed by atoms with Gasteiger partial charge in [-0.3, -0.25) is 9.35 Å². The molecule has 0 aliphatic carbocycles. The Kier molecular flexibility index (Phi) is 6.95.